The maximum Gasteiger partial charge on any atom is 0.316 e. The van der Waals surface area contributed by atoms with Crippen molar-refractivity contribution in [1.29, 1.82) is 0 Å². The summed E-state index contributed by atoms with van der Waals surface area (Å²) in [5.74, 6) is 0.860. The van der Waals surface area contributed by atoms with Crippen molar-refractivity contribution in [1.82, 2.24) is 15.1 Å². The van der Waals surface area contributed by atoms with E-state index in [9.17, 15) is 4.79 Å². The second-order valence-corrected chi connectivity index (χ2v) is 6.88. The van der Waals surface area contributed by atoms with Crippen LogP contribution in [0.2, 0.25) is 0 Å². The van der Waals surface area contributed by atoms with E-state index < -0.39 is 5.97 Å². The van der Waals surface area contributed by atoms with E-state index in [1.165, 1.54) is 24.1 Å². The Balaban J connectivity index is 1.58. The maximum atomic E-state index is 11.0. The summed E-state index contributed by atoms with van der Waals surface area (Å²) in [4.78, 5) is 11.0. The van der Waals surface area contributed by atoms with Crippen molar-refractivity contribution in [3.05, 3.63) is 17.5 Å². The van der Waals surface area contributed by atoms with Gasteiger partial charge < -0.3 is 10.4 Å². The smallest absolute Gasteiger partial charge is 0.316 e. The minimum absolute atomic E-state index is 0.242. The monoisotopic (exact) mass is 295 g/mol. The highest BCUT2D eigenvalue weighted by Gasteiger charge is 2.32. The molecule has 0 spiro atoms. The van der Waals surface area contributed by atoms with Crippen LogP contribution in [-0.2, 0) is 17.9 Å². The largest absolute Gasteiger partial charge is 0.480 e. The number of thioether (sulfide) groups is 1. The van der Waals surface area contributed by atoms with Gasteiger partial charge in [0.1, 0.15) is 5.25 Å². The summed E-state index contributed by atoms with van der Waals surface area (Å²) >= 11 is 1.54. The number of hydrogen-bond acceptors (Lipinski definition) is 4. The normalized spacial score (nSPS) is 26.1. The number of aromatic nitrogens is 2. The summed E-state index contributed by atoms with van der Waals surface area (Å²) < 4.78 is 2.01. The van der Waals surface area contributed by atoms with Crippen LogP contribution in [0.25, 0.3) is 0 Å². The fourth-order valence-electron chi connectivity index (χ4n) is 2.67. The van der Waals surface area contributed by atoms with Gasteiger partial charge in [0.25, 0.3) is 0 Å². The summed E-state index contributed by atoms with van der Waals surface area (Å²) in [6.07, 6.45) is 5.38. The first-order valence-corrected chi connectivity index (χ1v) is 8.36. The molecule has 6 heteroatoms. The van der Waals surface area contributed by atoms with Gasteiger partial charge in [-0.2, -0.15) is 5.10 Å². The summed E-state index contributed by atoms with van der Waals surface area (Å²) in [6.45, 7) is 3.81. The molecular formula is C14H21N3O2S. The van der Waals surface area contributed by atoms with Crippen molar-refractivity contribution in [2.75, 3.05) is 5.75 Å². The number of carboxylic acid groups (broad SMARTS) is 1. The fourth-order valence-corrected chi connectivity index (χ4v) is 3.90. The molecule has 0 amide bonds. The average Bonchev–Trinajstić information content (AvgIpc) is 3.02. The lowest BCUT2D eigenvalue weighted by Gasteiger charge is -2.11. The Morgan fingerprint density at radius 1 is 1.60 bits per heavy atom. The standard InChI is InChI=1S/C14H21N3O2S/c1-2-17-7-10(13(16-17)9-3-4-9)6-15-11-5-12(14(18)19)20-8-11/h7,9,11-12,15H,2-6,8H2,1H3,(H,18,19)/t11-,12-/m0/s1. The van der Waals surface area contributed by atoms with Gasteiger partial charge in [0.05, 0.1) is 5.69 Å². The number of hydrogen-bond donors (Lipinski definition) is 2. The fraction of sp³-hybridized carbons (Fsp3) is 0.714. The predicted octanol–water partition coefficient (Wildman–Crippen LogP) is 1.83. The summed E-state index contributed by atoms with van der Waals surface area (Å²) in [5, 5.41) is 16.9. The van der Waals surface area contributed by atoms with Gasteiger partial charge in [-0.1, -0.05) is 0 Å². The highest BCUT2D eigenvalue weighted by Crippen LogP contribution is 2.40. The maximum absolute atomic E-state index is 11.0. The molecule has 1 saturated heterocycles. The highest BCUT2D eigenvalue weighted by molar-refractivity contribution is 8.00. The predicted molar refractivity (Wildman–Crippen MR) is 79.0 cm³/mol. The van der Waals surface area contributed by atoms with Crippen molar-refractivity contribution in [3.8, 4) is 0 Å². The molecule has 2 fully saturated rings. The van der Waals surface area contributed by atoms with Gasteiger partial charge in [-0.25, -0.2) is 0 Å². The molecule has 1 aromatic rings. The first-order chi connectivity index (χ1) is 9.67. The summed E-state index contributed by atoms with van der Waals surface area (Å²) in [7, 11) is 0. The molecule has 1 aliphatic carbocycles. The SMILES string of the molecule is CCn1cc(CN[C@@H]2CS[C@H](C(=O)O)C2)c(C2CC2)n1. The molecule has 5 nitrogen and oxygen atoms in total. The molecule has 110 valence electrons. The van der Waals surface area contributed by atoms with Gasteiger partial charge in [-0.15, -0.1) is 11.8 Å². The number of nitrogens with one attached hydrogen (secondary N) is 1. The van der Waals surface area contributed by atoms with Gasteiger partial charge in [0.2, 0.25) is 0 Å². The number of aliphatic carboxylic acids is 1. The molecule has 0 radical (unpaired) electrons. The highest BCUT2D eigenvalue weighted by atomic mass is 32.2. The van der Waals surface area contributed by atoms with Crippen LogP contribution in [-0.4, -0.2) is 37.9 Å². The van der Waals surface area contributed by atoms with Crippen LogP contribution in [0.1, 0.15) is 43.4 Å². The third-order valence-corrected chi connectivity index (χ3v) is 5.40. The van der Waals surface area contributed by atoms with Crippen molar-refractivity contribution < 1.29 is 9.90 Å². The molecule has 1 aliphatic heterocycles. The Hall–Kier alpha value is -1.01. The van der Waals surface area contributed by atoms with Crippen molar-refractivity contribution in [2.45, 2.75) is 56.5 Å². The lowest BCUT2D eigenvalue weighted by Crippen LogP contribution is -2.29. The molecule has 2 atom stereocenters. The third-order valence-electron chi connectivity index (χ3n) is 4.01. The number of carbonyl (C=O) groups is 1. The molecule has 0 aromatic carbocycles. The van der Waals surface area contributed by atoms with Crippen LogP contribution in [0.15, 0.2) is 6.20 Å². The Labute approximate surface area is 123 Å². The zero-order valence-corrected chi connectivity index (χ0v) is 12.5. The lowest BCUT2D eigenvalue weighted by molar-refractivity contribution is -0.136. The number of nitrogens with zero attached hydrogens (tertiary/aromatic N) is 2. The molecule has 1 aromatic heterocycles. The van der Waals surface area contributed by atoms with E-state index >= 15 is 0 Å². The number of carboxylic acids is 1. The Kier molecular flexibility index (Phi) is 4.03. The summed E-state index contributed by atoms with van der Waals surface area (Å²) in [6, 6.07) is 0.304. The van der Waals surface area contributed by atoms with Crippen LogP contribution < -0.4 is 5.32 Å². The second kappa shape index (κ2) is 5.77. The van der Waals surface area contributed by atoms with Crippen LogP contribution in [0.4, 0.5) is 0 Å². The van der Waals surface area contributed by atoms with E-state index in [0.29, 0.717) is 12.0 Å². The van der Waals surface area contributed by atoms with Crippen LogP contribution in [0.5, 0.6) is 0 Å². The van der Waals surface area contributed by atoms with Crippen LogP contribution >= 0.6 is 11.8 Å². The average molecular weight is 295 g/mol. The van der Waals surface area contributed by atoms with E-state index in [-0.39, 0.29) is 5.25 Å². The zero-order valence-electron chi connectivity index (χ0n) is 11.7. The first kappa shape index (κ1) is 13.9. The third kappa shape index (κ3) is 3.01. The molecule has 2 aliphatic rings. The van der Waals surface area contributed by atoms with E-state index in [2.05, 4.69) is 23.5 Å². The van der Waals surface area contributed by atoms with E-state index in [1.807, 2.05) is 4.68 Å². The Bertz CT molecular complexity index is 499. The summed E-state index contributed by atoms with van der Waals surface area (Å²) in [5.41, 5.74) is 2.54. The Morgan fingerprint density at radius 2 is 2.40 bits per heavy atom. The zero-order chi connectivity index (χ0) is 14.1. The van der Waals surface area contributed by atoms with E-state index in [4.69, 9.17) is 5.11 Å². The number of rotatable bonds is 6. The molecule has 2 heterocycles. The minimum atomic E-state index is -0.684. The molecule has 0 unspecified atom stereocenters. The van der Waals surface area contributed by atoms with Crippen LogP contribution in [0, 0.1) is 0 Å². The lowest BCUT2D eigenvalue weighted by atomic mass is 10.1. The molecular weight excluding hydrogens is 274 g/mol. The van der Waals surface area contributed by atoms with Gasteiger partial charge >= 0.3 is 5.97 Å². The van der Waals surface area contributed by atoms with Crippen molar-refractivity contribution in [2.24, 2.45) is 0 Å². The van der Waals surface area contributed by atoms with Crippen molar-refractivity contribution >= 4 is 17.7 Å². The topological polar surface area (TPSA) is 67.2 Å². The Morgan fingerprint density at radius 3 is 3.00 bits per heavy atom. The van der Waals surface area contributed by atoms with E-state index in [1.54, 1.807) is 11.8 Å². The van der Waals surface area contributed by atoms with Gasteiger partial charge in [0.15, 0.2) is 0 Å². The van der Waals surface area contributed by atoms with Gasteiger partial charge in [-0.3, -0.25) is 9.48 Å². The molecule has 3 rings (SSSR count). The van der Waals surface area contributed by atoms with Crippen LogP contribution in [0.3, 0.4) is 0 Å². The molecule has 20 heavy (non-hydrogen) atoms. The minimum Gasteiger partial charge on any atom is -0.480 e. The van der Waals surface area contributed by atoms with Crippen molar-refractivity contribution in [3.63, 3.8) is 0 Å². The quantitative estimate of drug-likeness (QED) is 0.838. The molecule has 0 bridgehead atoms. The van der Waals surface area contributed by atoms with E-state index in [0.717, 1.165) is 25.3 Å². The first-order valence-electron chi connectivity index (χ1n) is 7.31. The second-order valence-electron chi connectivity index (χ2n) is 5.64. The van der Waals surface area contributed by atoms with Gasteiger partial charge in [-0.05, 0) is 26.2 Å². The molecule has 2 N–H and O–H groups in total. The number of aryl methyl sites for hydroxylation is 1. The molecule has 1 saturated carbocycles. The van der Waals surface area contributed by atoms with Gasteiger partial charge in [0, 0.05) is 42.6 Å².